The number of unbranched alkanes of at least 4 members (excludes halogenated alkanes) is 13. The summed E-state index contributed by atoms with van der Waals surface area (Å²) in [4.78, 5) is 2.96. The summed E-state index contributed by atoms with van der Waals surface area (Å²) in [5.74, 6) is 0.892. The van der Waals surface area contributed by atoms with Gasteiger partial charge >= 0.3 is 0 Å². The van der Waals surface area contributed by atoms with Crippen LogP contribution in [0.15, 0.2) is 12.1 Å². The van der Waals surface area contributed by atoms with Crippen LogP contribution in [0.3, 0.4) is 0 Å². The van der Waals surface area contributed by atoms with Crippen molar-refractivity contribution in [2.45, 2.75) is 109 Å². The molecule has 0 bridgehead atoms. The number of thiol groups is 1. The molecule has 0 aliphatic carbocycles. The first-order valence-corrected chi connectivity index (χ1v) is 11.5. The Labute approximate surface area is 154 Å². The molecular weight excluding hydrogens is 316 g/mol. The molecule has 0 atom stereocenters. The number of aryl methyl sites for hydroxylation is 1. The van der Waals surface area contributed by atoms with Crippen molar-refractivity contribution in [3.8, 4) is 0 Å². The van der Waals surface area contributed by atoms with Gasteiger partial charge < -0.3 is 0 Å². The van der Waals surface area contributed by atoms with E-state index < -0.39 is 0 Å². The van der Waals surface area contributed by atoms with Crippen molar-refractivity contribution in [3.63, 3.8) is 0 Å². The molecule has 0 saturated carbocycles. The Balaban J connectivity index is 1.76. The summed E-state index contributed by atoms with van der Waals surface area (Å²) < 4.78 is 0. The molecule has 0 aliphatic heterocycles. The van der Waals surface area contributed by atoms with Crippen LogP contribution in [-0.2, 0) is 12.2 Å². The van der Waals surface area contributed by atoms with E-state index in [9.17, 15) is 0 Å². The Morgan fingerprint density at radius 3 is 1.52 bits per heavy atom. The van der Waals surface area contributed by atoms with Crippen LogP contribution in [-0.4, -0.2) is 0 Å². The molecule has 0 unspecified atom stereocenters. The van der Waals surface area contributed by atoms with Gasteiger partial charge in [-0.3, -0.25) is 0 Å². The highest BCUT2D eigenvalue weighted by molar-refractivity contribution is 7.79. The van der Waals surface area contributed by atoms with Gasteiger partial charge in [-0.05, 0) is 25.0 Å². The van der Waals surface area contributed by atoms with Gasteiger partial charge in [0.2, 0.25) is 0 Å². The molecule has 134 valence electrons. The maximum Gasteiger partial charge on any atom is 0.0248 e. The topological polar surface area (TPSA) is 0 Å². The second-order valence-corrected chi connectivity index (χ2v) is 8.44. The van der Waals surface area contributed by atoms with Crippen LogP contribution in [0.5, 0.6) is 0 Å². The molecule has 0 spiro atoms. The number of rotatable bonds is 16. The third-order valence-electron chi connectivity index (χ3n) is 4.65. The third-order valence-corrected chi connectivity index (χ3v) is 6.35. The van der Waals surface area contributed by atoms with Crippen LogP contribution < -0.4 is 0 Å². The normalized spacial score (nSPS) is 11.2. The first kappa shape index (κ1) is 21.1. The van der Waals surface area contributed by atoms with Crippen LogP contribution in [0, 0.1) is 0 Å². The maximum absolute atomic E-state index is 4.33. The van der Waals surface area contributed by atoms with E-state index in [0.29, 0.717) is 0 Å². The Morgan fingerprint density at radius 2 is 1.09 bits per heavy atom. The summed E-state index contributed by atoms with van der Waals surface area (Å²) >= 11 is 6.27. The van der Waals surface area contributed by atoms with E-state index in [1.54, 1.807) is 4.88 Å². The lowest BCUT2D eigenvalue weighted by Crippen LogP contribution is -1.84. The molecule has 0 nitrogen and oxygen atoms in total. The van der Waals surface area contributed by atoms with Gasteiger partial charge in [0, 0.05) is 15.5 Å². The summed E-state index contributed by atoms with van der Waals surface area (Å²) in [5.41, 5.74) is 0. The van der Waals surface area contributed by atoms with Gasteiger partial charge in [-0.15, -0.1) is 11.3 Å². The Kier molecular flexibility index (Phi) is 14.3. The minimum atomic E-state index is 0.892. The van der Waals surface area contributed by atoms with Crippen LogP contribution in [0.4, 0.5) is 0 Å². The van der Waals surface area contributed by atoms with Gasteiger partial charge in [-0.25, -0.2) is 0 Å². The lowest BCUT2D eigenvalue weighted by Gasteiger charge is -2.03. The third kappa shape index (κ3) is 12.1. The van der Waals surface area contributed by atoms with E-state index in [-0.39, 0.29) is 0 Å². The maximum atomic E-state index is 4.33. The fourth-order valence-electron chi connectivity index (χ4n) is 3.14. The van der Waals surface area contributed by atoms with Crippen molar-refractivity contribution in [2.75, 3.05) is 0 Å². The van der Waals surface area contributed by atoms with Crippen LogP contribution >= 0.6 is 24.0 Å². The quantitative estimate of drug-likeness (QED) is 0.224. The zero-order valence-electron chi connectivity index (χ0n) is 15.3. The molecule has 0 amide bonds. The minimum absolute atomic E-state index is 0.892. The van der Waals surface area contributed by atoms with Crippen LogP contribution in [0.25, 0.3) is 0 Å². The zero-order chi connectivity index (χ0) is 16.6. The lowest BCUT2D eigenvalue weighted by atomic mass is 10.0. The fraction of sp³-hybridized carbons (Fsp3) is 0.810. The van der Waals surface area contributed by atoms with Crippen LogP contribution in [0.1, 0.15) is 107 Å². The SMILES string of the molecule is CCCCCCCCCCCCCCCCc1ccc(CS)s1. The highest BCUT2D eigenvalue weighted by Gasteiger charge is 1.99. The molecule has 0 fully saturated rings. The van der Waals surface area contributed by atoms with Gasteiger partial charge in [0.25, 0.3) is 0 Å². The van der Waals surface area contributed by atoms with E-state index in [0.717, 1.165) is 5.75 Å². The summed E-state index contributed by atoms with van der Waals surface area (Å²) in [7, 11) is 0. The van der Waals surface area contributed by atoms with Crippen molar-refractivity contribution in [1.82, 2.24) is 0 Å². The highest BCUT2D eigenvalue weighted by Crippen LogP contribution is 2.20. The van der Waals surface area contributed by atoms with Crippen molar-refractivity contribution < 1.29 is 0 Å². The number of hydrogen-bond donors (Lipinski definition) is 1. The first-order chi connectivity index (χ1) is 11.4. The van der Waals surface area contributed by atoms with E-state index in [2.05, 4.69) is 31.7 Å². The molecule has 1 heterocycles. The summed E-state index contributed by atoms with van der Waals surface area (Å²) in [6.45, 7) is 2.29. The summed E-state index contributed by atoms with van der Waals surface area (Å²) in [6.07, 6.45) is 21.4. The monoisotopic (exact) mass is 354 g/mol. The van der Waals surface area contributed by atoms with Gasteiger partial charge in [-0.1, -0.05) is 90.4 Å². The van der Waals surface area contributed by atoms with Crippen LogP contribution in [0.2, 0.25) is 0 Å². The van der Waals surface area contributed by atoms with E-state index in [1.807, 2.05) is 11.3 Å². The Hall–Kier alpha value is 0.0500. The minimum Gasteiger partial charge on any atom is -0.174 e. The summed E-state index contributed by atoms with van der Waals surface area (Å²) in [6, 6.07) is 4.52. The van der Waals surface area contributed by atoms with Gasteiger partial charge in [0.05, 0.1) is 0 Å². The van der Waals surface area contributed by atoms with Gasteiger partial charge in [0.1, 0.15) is 0 Å². The van der Waals surface area contributed by atoms with Crippen molar-refractivity contribution in [2.24, 2.45) is 0 Å². The standard InChI is InChI=1S/C21H38S2/c1-2-3-4-5-6-7-8-9-10-11-12-13-14-15-16-20-17-18-21(19-22)23-20/h17-18,22H,2-16,19H2,1H3. The number of thiophene rings is 1. The molecule has 1 rings (SSSR count). The Morgan fingerprint density at radius 1 is 0.652 bits per heavy atom. The molecule has 2 heteroatoms. The zero-order valence-corrected chi connectivity index (χ0v) is 17.0. The van der Waals surface area contributed by atoms with E-state index in [1.165, 1.54) is 101 Å². The predicted molar refractivity (Wildman–Crippen MR) is 111 cm³/mol. The molecule has 0 saturated heterocycles. The van der Waals surface area contributed by atoms with Gasteiger partial charge in [0.15, 0.2) is 0 Å². The molecule has 0 radical (unpaired) electrons. The first-order valence-electron chi connectivity index (χ1n) is 10.0. The van der Waals surface area contributed by atoms with Crippen molar-refractivity contribution in [1.29, 1.82) is 0 Å². The molecule has 1 aromatic rings. The lowest BCUT2D eigenvalue weighted by molar-refractivity contribution is 0.536. The molecular formula is C21H38S2. The van der Waals surface area contributed by atoms with E-state index >= 15 is 0 Å². The van der Waals surface area contributed by atoms with Gasteiger partial charge in [-0.2, -0.15) is 12.6 Å². The summed E-state index contributed by atoms with van der Waals surface area (Å²) in [5, 5.41) is 0. The van der Waals surface area contributed by atoms with E-state index in [4.69, 9.17) is 0 Å². The molecule has 0 aliphatic rings. The highest BCUT2D eigenvalue weighted by atomic mass is 32.1. The molecule has 1 aromatic heterocycles. The van der Waals surface area contributed by atoms with Crippen molar-refractivity contribution in [3.05, 3.63) is 21.9 Å². The second kappa shape index (κ2) is 15.6. The largest absolute Gasteiger partial charge is 0.174 e. The smallest absolute Gasteiger partial charge is 0.0248 e. The Bertz CT molecular complexity index is 356. The second-order valence-electron chi connectivity index (χ2n) is 6.87. The average molecular weight is 355 g/mol. The molecule has 23 heavy (non-hydrogen) atoms. The molecule has 0 aromatic carbocycles. The molecule has 0 N–H and O–H groups in total. The predicted octanol–water partition coefficient (Wildman–Crippen LogP) is 8.20. The average Bonchev–Trinajstić information content (AvgIpc) is 3.03. The fourth-order valence-corrected chi connectivity index (χ4v) is 4.35. The van der Waals surface area contributed by atoms with Crippen molar-refractivity contribution >= 4 is 24.0 Å². The number of hydrogen-bond acceptors (Lipinski definition) is 2.